The van der Waals surface area contributed by atoms with Crippen molar-refractivity contribution in [1.82, 2.24) is 14.7 Å². The van der Waals surface area contributed by atoms with Gasteiger partial charge in [0.15, 0.2) is 0 Å². The number of hydrogen-bond donors (Lipinski definition) is 0. The minimum Gasteiger partial charge on any atom is -0.335 e. The fourth-order valence-electron chi connectivity index (χ4n) is 4.15. The number of carbonyl (C=O) groups excluding carboxylic acids is 1. The van der Waals surface area contributed by atoms with Crippen LogP contribution in [0.2, 0.25) is 5.02 Å². The van der Waals surface area contributed by atoms with Gasteiger partial charge in [-0.25, -0.2) is 14.1 Å². The summed E-state index contributed by atoms with van der Waals surface area (Å²) in [5.41, 5.74) is 5.11. The Kier molecular flexibility index (Phi) is 8.62. The number of carbonyl (C=O) groups is 1. The lowest BCUT2D eigenvalue weighted by Gasteiger charge is -2.19. The van der Waals surface area contributed by atoms with Crippen molar-refractivity contribution in [2.45, 2.75) is 24.5 Å². The summed E-state index contributed by atoms with van der Waals surface area (Å²) in [7, 11) is 0. The van der Waals surface area contributed by atoms with E-state index in [4.69, 9.17) is 21.5 Å². The molecule has 1 amide bonds. The number of likely N-dealkylation sites (N-methyl/N-ethyl adjacent to an activating group) is 1. The van der Waals surface area contributed by atoms with Crippen molar-refractivity contribution >= 4 is 40.9 Å². The zero-order valence-corrected chi connectivity index (χ0v) is 23.6. The van der Waals surface area contributed by atoms with Crippen LogP contribution >= 0.6 is 23.4 Å². The Bertz CT molecular complexity index is 1550. The van der Waals surface area contributed by atoms with Gasteiger partial charge in [-0.1, -0.05) is 53.2 Å². The summed E-state index contributed by atoms with van der Waals surface area (Å²) in [6.45, 7) is 5.22. The molecule has 0 fully saturated rings. The van der Waals surface area contributed by atoms with E-state index >= 15 is 0 Å². The zero-order chi connectivity index (χ0) is 28.1. The summed E-state index contributed by atoms with van der Waals surface area (Å²) in [6.07, 6.45) is 1.96. The van der Waals surface area contributed by atoms with E-state index in [0.717, 1.165) is 38.7 Å². The number of aromatic nitrogens is 2. The molecule has 0 bridgehead atoms. The topological polar surface area (TPSA) is 72.1 Å². The highest BCUT2D eigenvalue weighted by molar-refractivity contribution is 7.98. The van der Waals surface area contributed by atoms with Crippen molar-refractivity contribution in [2.24, 2.45) is 10.1 Å². The first kappa shape index (κ1) is 27.6. The molecule has 0 spiro atoms. The average Bonchev–Trinajstić information content (AvgIpc) is 3.42. The molecule has 0 atom stereocenters. The summed E-state index contributed by atoms with van der Waals surface area (Å²) in [4.78, 5) is 24.8. The number of hydrogen-bond acceptors (Lipinski definition) is 6. The Labute approximate surface area is 241 Å². The number of rotatable bonds is 9. The number of nitrogens with zero attached hydrogens (tertiary/aromatic N) is 5. The van der Waals surface area contributed by atoms with Crippen molar-refractivity contribution in [2.75, 3.05) is 19.6 Å². The van der Waals surface area contributed by atoms with Gasteiger partial charge in [0.25, 0.3) is 0 Å². The van der Waals surface area contributed by atoms with Crippen LogP contribution in [0, 0.1) is 5.82 Å². The van der Waals surface area contributed by atoms with Gasteiger partial charge < -0.3 is 9.74 Å². The number of aliphatic imine (C=N–C) groups is 1. The van der Waals surface area contributed by atoms with Crippen LogP contribution in [0.25, 0.3) is 16.9 Å². The van der Waals surface area contributed by atoms with Crippen LogP contribution in [-0.4, -0.2) is 51.8 Å². The fourth-order valence-corrected chi connectivity index (χ4v) is 5.26. The SMILES string of the molecule is CCN(CC)C(=O)C1=NCC(c2ccc(-c3nn(-c4ccc(F)cc4)cc3SCc3ccc(Cl)cc3)cc2)=NO1. The lowest BCUT2D eigenvalue weighted by Crippen LogP contribution is -2.38. The monoisotopic (exact) mass is 575 g/mol. The van der Waals surface area contributed by atoms with E-state index in [2.05, 4.69) is 10.1 Å². The zero-order valence-electron chi connectivity index (χ0n) is 22.1. The molecule has 7 nitrogen and oxygen atoms in total. The van der Waals surface area contributed by atoms with Crippen molar-refractivity contribution in [3.05, 3.63) is 101 Å². The summed E-state index contributed by atoms with van der Waals surface area (Å²) < 4.78 is 15.3. The molecule has 1 aliphatic heterocycles. The van der Waals surface area contributed by atoms with Crippen LogP contribution in [-0.2, 0) is 15.4 Å². The van der Waals surface area contributed by atoms with Crippen LogP contribution in [0.5, 0.6) is 0 Å². The summed E-state index contributed by atoms with van der Waals surface area (Å²) in [5.74, 6) is 0.187. The van der Waals surface area contributed by atoms with Gasteiger partial charge >= 0.3 is 11.8 Å². The van der Waals surface area contributed by atoms with Gasteiger partial charge in [-0.2, -0.15) is 5.10 Å². The summed E-state index contributed by atoms with van der Waals surface area (Å²) in [5, 5.41) is 9.71. The van der Waals surface area contributed by atoms with Gasteiger partial charge in [-0.3, -0.25) is 4.79 Å². The van der Waals surface area contributed by atoms with Crippen LogP contribution in [0.3, 0.4) is 0 Å². The Hall–Kier alpha value is -3.95. The quantitative estimate of drug-likeness (QED) is 0.210. The molecule has 204 valence electrons. The van der Waals surface area contributed by atoms with Gasteiger partial charge in [0.1, 0.15) is 17.2 Å². The third-order valence-electron chi connectivity index (χ3n) is 6.42. The molecule has 1 aromatic heterocycles. The molecule has 0 radical (unpaired) electrons. The average molecular weight is 576 g/mol. The standard InChI is InChI=1S/C30H27ClFN5O2S/c1-3-36(4-2)30(38)29-33-17-26(35-39-29)21-7-9-22(10-8-21)28-27(40-19-20-5-11-23(31)12-6-20)18-37(34-28)25-15-13-24(32)14-16-25/h5-16,18H,3-4,17,19H2,1-2H3. The van der Waals surface area contributed by atoms with Crippen LogP contribution in [0.4, 0.5) is 4.39 Å². The van der Waals surface area contributed by atoms with Gasteiger partial charge in [0.05, 0.1) is 17.1 Å². The van der Waals surface area contributed by atoms with Crippen molar-refractivity contribution in [3.63, 3.8) is 0 Å². The summed E-state index contributed by atoms with van der Waals surface area (Å²) >= 11 is 7.71. The maximum absolute atomic E-state index is 13.5. The second-order valence-electron chi connectivity index (χ2n) is 8.98. The number of amides is 1. The molecule has 5 rings (SSSR count). The number of oxime groups is 1. The molecule has 3 aromatic carbocycles. The Morgan fingerprint density at radius 2 is 1.68 bits per heavy atom. The minimum atomic E-state index is -0.299. The number of thioether (sulfide) groups is 1. The van der Waals surface area contributed by atoms with E-state index in [-0.39, 0.29) is 24.2 Å². The first-order chi connectivity index (χ1) is 19.4. The third-order valence-corrected chi connectivity index (χ3v) is 7.76. The molecule has 0 N–H and O–H groups in total. The highest BCUT2D eigenvalue weighted by atomic mass is 35.5. The van der Waals surface area contributed by atoms with Gasteiger partial charge in [-0.15, -0.1) is 11.8 Å². The van der Waals surface area contributed by atoms with Crippen LogP contribution in [0.15, 0.2) is 94.0 Å². The first-order valence-corrected chi connectivity index (χ1v) is 14.2. The molecule has 4 aromatic rings. The molecule has 0 saturated heterocycles. The lowest BCUT2D eigenvalue weighted by molar-refractivity contribution is -0.125. The van der Waals surface area contributed by atoms with Crippen molar-refractivity contribution in [1.29, 1.82) is 0 Å². The smallest absolute Gasteiger partial charge is 0.311 e. The van der Waals surface area contributed by atoms with Crippen molar-refractivity contribution in [3.8, 4) is 16.9 Å². The van der Waals surface area contributed by atoms with Gasteiger partial charge in [0.2, 0.25) is 0 Å². The molecule has 10 heteroatoms. The van der Waals surface area contributed by atoms with E-state index in [9.17, 15) is 9.18 Å². The maximum Gasteiger partial charge on any atom is 0.311 e. The summed E-state index contributed by atoms with van der Waals surface area (Å²) in [6, 6.07) is 21.8. The number of halogens is 2. The highest BCUT2D eigenvalue weighted by Gasteiger charge is 2.23. The second-order valence-corrected chi connectivity index (χ2v) is 10.4. The van der Waals surface area contributed by atoms with Gasteiger partial charge in [0, 0.05) is 41.2 Å². The number of benzene rings is 3. The predicted octanol–water partition coefficient (Wildman–Crippen LogP) is 6.63. The molecule has 2 heterocycles. The lowest BCUT2D eigenvalue weighted by atomic mass is 10.1. The molecule has 0 saturated carbocycles. The Balaban J connectivity index is 1.37. The molecule has 0 aliphatic carbocycles. The normalized spacial score (nSPS) is 12.9. The largest absolute Gasteiger partial charge is 0.335 e. The second kappa shape index (κ2) is 12.5. The molecular formula is C30H27ClFN5O2S. The third kappa shape index (κ3) is 6.26. The van der Waals surface area contributed by atoms with Gasteiger partial charge in [-0.05, 0) is 55.8 Å². The fraction of sp³-hybridized carbons (Fsp3) is 0.200. The van der Waals surface area contributed by atoms with Crippen LogP contribution < -0.4 is 0 Å². The van der Waals surface area contributed by atoms with E-state index in [1.165, 1.54) is 12.1 Å². The molecule has 0 unspecified atom stereocenters. The van der Waals surface area contributed by atoms with E-state index < -0.39 is 0 Å². The molecule has 40 heavy (non-hydrogen) atoms. The van der Waals surface area contributed by atoms with E-state index in [1.54, 1.807) is 33.5 Å². The minimum absolute atomic E-state index is 0.0118. The Morgan fingerprint density at radius 1 is 1.00 bits per heavy atom. The first-order valence-electron chi connectivity index (χ1n) is 12.9. The van der Waals surface area contributed by atoms with E-state index in [0.29, 0.717) is 23.8 Å². The van der Waals surface area contributed by atoms with E-state index in [1.807, 2.05) is 68.6 Å². The predicted molar refractivity (Wildman–Crippen MR) is 158 cm³/mol. The van der Waals surface area contributed by atoms with Crippen molar-refractivity contribution < 1.29 is 14.0 Å². The molecular weight excluding hydrogens is 549 g/mol. The Morgan fingerprint density at radius 3 is 2.30 bits per heavy atom. The van der Waals surface area contributed by atoms with Crippen LogP contribution in [0.1, 0.15) is 25.0 Å². The highest BCUT2D eigenvalue weighted by Crippen LogP contribution is 2.34. The molecule has 1 aliphatic rings. The maximum atomic E-state index is 13.5.